The third-order valence-electron chi connectivity index (χ3n) is 2.78. The molecule has 1 atom stereocenters. The first kappa shape index (κ1) is 12.7. The van der Waals surface area contributed by atoms with Gasteiger partial charge in [-0.2, -0.15) is 5.26 Å². The predicted molar refractivity (Wildman–Crippen MR) is 67.7 cm³/mol. The Morgan fingerprint density at radius 1 is 1.32 bits per heavy atom. The lowest BCUT2D eigenvalue weighted by Crippen LogP contribution is -2.43. The van der Waals surface area contributed by atoms with Crippen molar-refractivity contribution < 1.29 is 9.59 Å². The summed E-state index contributed by atoms with van der Waals surface area (Å²) < 4.78 is 0. The monoisotopic (exact) mass is 253 g/mol. The lowest BCUT2D eigenvalue weighted by Gasteiger charge is -2.16. The summed E-state index contributed by atoms with van der Waals surface area (Å²) in [6.45, 7) is 1.62. The number of carbonyl (C=O) groups excluding carboxylic acids is 2. The van der Waals surface area contributed by atoms with Crippen molar-refractivity contribution in [2.24, 2.45) is 0 Å². The van der Waals surface area contributed by atoms with Crippen molar-refractivity contribution in [3.8, 4) is 17.9 Å². The molecule has 1 saturated heterocycles. The SMILES string of the molecule is CC1(CC#Cc2cccc(C#N)c2)NC(=O)NC1=O. The second-order valence-corrected chi connectivity index (χ2v) is 4.41. The highest BCUT2D eigenvalue weighted by atomic mass is 16.2. The van der Waals surface area contributed by atoms with E-state index < -0.39 is 11.6 Å². The minimum absolute atomic E-state index is 0.210. The van der Waals surface area contributed by atoms with Gasteiger partial charge in [0.2, 0.25) is 0 Å². The summed E-state index contributed by atoms with van der Waals surface area (Å²) >= 11 is 0. The number of hydrogen-bond acceptors (Lipinski definition) is 3. The molecule has 3 amide bonds. The number of urea groups is 1. The quantitative estimate of drug-likeness (QED) is 0.576. The summed E-state index contributed by atoms with van der Waals surface area (Å²) in [6, 6.07) is 8.42. The Labute approximate surface area is 110 Å². The normalized spacial score (nSPS) is 20.8. The van der Waals surface area contributed by atoms with E-state index in [0.717, 1.165) is 0 Å². The zero-order valence-electron chi connectivity index (χ0n) is 10.3. The number of benzene rings is 1. The van der Waals surface area contributed by atoms with Gasteiger partial charge in [-0.15, -0.1) is 0 Å². The zero-order chi connectivity index (χ0) is 13.9. The molecule has 94 valence electrons. The maximum Gasteiger partial charge on any atom is 0.322 e. The Morgan fingerprint density at radius 3 is 2.68 bits per heavy atom. The van der Waals surface area contributed by atoms with Crippen LogP contribution in [0.15, 0.2) is 24.3 Å². The minimum Gasteiger partial charge on any atom is -0.323 e. The summed E-state index contributed by atoms with van der Waals surface area (Å²) in [4.78, 5) is 22.6. The van der Waals surface area contributed by atoms with Crippen molar-refractivity contribution in [3.05, 3.63) is 35.4 Å². The van der Waals surface area contributed by atoms with Crippen LogP contribution >= 0.6 is 0 Å². The molecule has 2 rings (SSSR count). The molecule has 0 bridgehead atoms. The van der Waals surface area contributed by atoms with E-state index in [1.807, 2.05) is 6.07 Å². The van der Waals surface area contributed by atoms with Crippen LogP contribution in [0.1, 0.15) is 24.5 Å². The molecule has 19 heavy (non-hydrogen) atoms. The Balaban J connectivity index is 2.11. The highest BCUT2D eigenvalue weighted by Crippen LogP contribution is 2.13. The van der Waals surface area contributed by atoms with E-state index in [1.165, 1.54) is 0 Å². The highest BCUT2D eigenvalue weighted by molar-refractivity contribution is 6.06. The average molecular weight is 253 g/mol. The smallest absolute Gasteiger partial charge is 0.322 e. The molecule has 2 N–H and O–H groups in total. The van der Waals surface area contributed by atoms with Crippen molar-refractivity contribution in [2.75, 3.05) is 0 Å². The first-order valence-electron chi connectivity index (χ1n) is 5.66. The van der Waals surface area contributed by atoms with Gasteiger partial charge in [0.25, 0.3) is 5.91 Å². The molecule has 1 aromatic carbocycles. The summed E-state index contributed by atoms with van der Waals surface area (Å²) in [5, 5.41) is 13.5. The van der Waals surface area contributed by atoms with Gasteiger partial charge < -0.3 is 5.32 Å². The standard InChI is InChI=1S/C14H11N3O2/c1-14(12(18)16-13(19)17-14)7-3-6-10-4-2-5-11(8-10)9-15/h2,4-5,8H,7H2,1H3,(H2,16,17,18,19). The molecule has 5 heteroatoms. The van der Waals surface area contributed by atoms with Crippen molar-refractivity contribution >= 4 is 11.9 Å². The fourth-order valence-electron chi connectivity index (χ4n) is 1.69. The van der Waals surface area contributed by atoms with Crippen molar-refractivity contribution in [2.45, 2.75) is 18.9 Å². The molecule has 1 aliphatic heterocycles. The van der Waals surface area contributed by atoms with Crippen LogP contribution in [0, 0.1) is 23.2 Å². The summed E-state index contributed by atoms with van der Waals surface area (Å²) in [6.07, 6.45) is 0.210. The van der Waals surface area contributed by atoms with Crippen LogP contribution in [-0.4, -0.2) is 17.5 Å². The van der Waals surface area contributed by atoms with Gasteiger partial charge in [-0.25, -0.2) is 4.79 Å². The Bertz CT molecular complexity index is 649. The number of nitriles is 1. The first-order chi connectivity index (χ1) is 9.03. The molecular formula is C14H11N3O2. The number of nitrogens with zero attached hydrogens (tertiary/aromatic N) is 1. The van der Waals surface area contributed by atoms with Gasteiger partial charge >= 0.3 is 6.03 Å². The average Bonchev–Trinajstić information content (AvgIpc) is 2.63. The van der Waals surface area contributed by atoms with Gasteiger partial charge in [0, 0.05) is 12.0 Å². The topological polar surface area (TPSA) is 82.0 Å². The largest absolute Gasteiger partial charge is 0.323 e. The Morgan fingerprint density at radius 2 is 2.05 bits per heavy atom. The molecule has 1 unspecified atom stereocenters. The fraction of sp³-hybridized carbons (Fsp3) is 0.214. The van der Waals surface area contributed by atoms with Gasteiger partial charge in [-0.05, 0) is 25.1 Å². The van der Waals surface area contributed by atoms with Crippen LogP contribution in [0.3, 0.4) is 0 Å². The van der Waals surface area contributed by atoms with Gasteiger partial charge in [0.05, 0.1) is 11.6 Å². The molecular weight excluding hydrogens is 242 g/mol. The summed E-state index contributed by atoms with van der Waals surface area (Å²) in [5.74, 6) is 5.35. The zero-order valence-corrected chi connectivity index (χ0v) is 10.3. The Kier molecular flexibility index (Phi) is 3.22. The maximum absolute atomic E-state index is 11.5. The van der Waals surface area contributed by atoms with E-state index in [-0.39, 0.29) is 12.3 Å². The molecule has 0 radical (unpaired) electrons. The number of imide groups is 1. The number of carbonyl (C=O) groups is 2. The first-order valence-corrected chi connectivity index (χ1v) is 5.66. The van der Waals surface area contributed by atoms with Gasteiger partial charge in [-0.3, -0.25) is 10.1 Å². The van der Waals surface area contributed by atoms with Crippen LogP contribution in [-0.2, 0) is 4.79 Å². The molecule has 0 spiro atoms. The van der Waals surface area contributed by atoms with E-state index in [0.29, 0.717) is 11.1 Å². The Hall–Kier alpha value is -2.79. The summed E-state index contributed by atoms with van der Waals surface area (Å²) in [7, 11) is 0. The second-order valence-electron chi connectivity index (χ2n) is 4.41. The van der Waals surface area contributed by atoms with Crippen LogP contribution in [0.2, 0.25) is 0 Å². The van der Waals surface area contributed by atoms with Crippen LogP contribution in [0.25, 0.3) is 0 Å². The van der Waals surface area contributed by atoms with E-state index >= 15 is 0 Å². The van der Waals surface area contributed by atoms with Crippen molar-refractivity contribution in [3.63, 3.8) is 0 Å². The molecule has 1 fully saturated rings. The molecule has 1 heterocycles. The predicted octanol–water partition coefficient (Wildman–Crippen LogP) is 0.898. The third kappa shape index (κ3) is 2.72. The van der Waals surface area contributed by atoms with Gasteiger partial charge in [0.15, 0.2) is 0 Å². The van der Waals surface area contributed by atoms with E-state index in [1.54, 1.807) is 31.2 Å². The van der Waals surface area contributed by atoms with Crippen LogP contribution in [0.5, 0.6) is 0 Å². The molecule has 0 aliphatic carbocycles. The van der Waals surface area contributed by atoms with E-state index in [2.05, 4.69) is 22.5 Å². The van der Waals surface area contributed by atoms with Gasteiger partial charge in [-0.1, -0.05) is 17.9 Å². The number of nitrogens with one attached hydrogen (secondary N) is 2. The second kappa shape index (κ2) is 4.83. The van der Waals surface area contributed by atoms with Crippen molar-refractivity contribution in [1.29, 1.82) is 5.26 Å². The lowest BCUT2D eigenvalue weighted by molar-refractivity contribution is -0.123. The minimum atomic E-state index is -0.989. The molecule has 0 aromatic heterocycles. The van der Waals surface area contributed by atoms with Crippen LogP contribution in [0.4, 0.5) is 4.79 Å². The maximum atomic E-state index is 11.5. The molecule has 0 saturated carbocycles. The van der Waals surface area contributed by atoms with E-state index in [9.17, 15) is 9.59 Å². The number of amides is 3. The number of rotatable bonds is 1. The number of hydrogen-bond donors (Lipinski definition) is 2. The molecule has 5 nitrogen and oxygen atoms in total. The third-order valence-corrected chi connectivity index (χ3v) is 2.78. The van der Waals surface area contributed by atoms with Crippen LogP contribution < -0.4 is 10.6 Å². The van der Waals surface area contributed by atoms with E-state index in [4.69, 9.17) is 5.26 Å². The lowest BCUT2D eigenvalue weighted by atomic mass is 9.98. The highest BCUT2D eigenvalue weighted by Gasteiger charge is 2.41. The van der Waals surface area contributed by atoms with Gasteiger partial charge in [0.1, 0.15) is 5.54 Å². The van der Waals surface area contributed by atoms with Crippen molar-refractivity contribution in [1.82, 2.24) is 10.6 Å². The molecule has 1 aromatic rings. The summed E-state index contributed by atoms with van der Waals surface area (Å²) in [5.41, 5.74) is 0.244. The fourth-order valence-corrected chi connectivity index (χ4v) is 1.69. The molecule has 1 aliphatic rings.